The number of carbonyl (C=O) groups is 1. The largest absolute Gasteiger partial charge is 0.364 e. The molecule has 0 aliphatic heterocycles. The van der Waals surface area contributed by atoms with Gasteiger partial charge in [0.15, 0.2) is 5.01 Å². The molecule has 2 aromatic heterocycles. The lowest BCUT2D eigenvalue weighted by Crippen LogP contribution is -2.09. The van der Waals surface area contributed by atoms with E-state index < -0.39 is 5.91 Å². The molecule has 0 atom stereocenters. The van der Waals surface area contributed by atoms with Crippen LogP contribution in [0, 0.1) is 0 Å². The lowest BCUT2D eigenvalue weighted by Gasteiger charge is -1.80. The van der Waals surface area contributed by atoms with Gasteiger partial charge in [0.2, 0.25) is 0 Å². The Morgan fingerprint density at radius 3 is 3.08 bits per heavy atom. The van der Waals surface area contributed by atoms with E-state index in [4.69, 9.17) is 5.73 Å². The molecule has 0 radical (unpaired) electrons. The fraction of sp³-hybridized carbons (Fsp3) is 0. The number of nitrogens with two attached hydrogens (primary N) is 1. The highest BCUT2D eigenvalue weighted by Gasteiger charge is 2.07. The number of carbonyl (C=O) groups excluding carboxylic acids is 1. The van der Waals surface area contributed by atoms with E-state index in [0.29, 0.717) is 5.01 Å². The summed E-state index contributed by atoms with van der Waals surface area (Å²) in [4.78, 5) is 18.6. The molecule has 0 saturated heterocycles. The van der Waals surface area contributed by atoms with E-state index in [1.54, 1.807) is 18.5 Å². The van der Waals surface area contributed by atoms with E-state index in [9.17, 15) is 4.79 Å². The minimum absolute atomic E-state index is 0.331. The minimum atomic E-state index is -0.490. The highest BCUT2D eigenvalue weighted by Crippen LogP contribution is 2.19. The Hall–Kier alpha value is -1.49. The molecule has 12 heavy (non-hydrogen) atoms. The standard InChI is InChI=1S/C7H5N3OS/c8-6(11)7-10-4-1-2-9-3-5(4)12-7/h1-3H,(H2,8,11). The number of primary amides is 1. The molecule has 0 bridgehead atoms. The highest BCUT2D eigenvalue weighted by molar-refractivity contribution is 7.20. The molecule has 1 amide bonds. The Balaban J connectivity index is 2.70. The molecule has 5 heteroatoms. The Morgan fingerprint density at radius 1 is 1.58 bits per heavy atom. The number of amides is 1. The maximum absolute atomic E-state index is 10.7. The number of aromatic nitrogens is 2. The molecule has 4 nitrogen and oxygen atoms in total. The summed E-state index contributed by atoms with van der Waals surface area (Å²) in [6, 6.07) is 1.75. The summed E-state index contributed by atoms with van der Waals surface area (Å²) in [6.45, 7) is 0. The average molecular weight is 179 g/mol. The molecule has 2 aromatic rings. The van der Waals surface area contributed by atoms with Gasteiger partial charge in [0, 0.05) is 12.4 Å². The quantitative estimate of drug-likeness (QED) is 0.703. The van der Waals surface area contributed by atoms with E-state index in [0.717, 1.165) is 10.2 Å². The van der Waals surface area contributed by atoms with Crippen molar-refractivity contribution < 1.29 is 4.79 Å². The van der Waals surface area contributed by atoms with Crippen LogP contribution in [0.1, 0.15) is 9.80 Å². The smallest absolute Gasteiger partial charge is 0.277 e. The maximum Gasteiger partial charge on any atom is 0.277 e. The predicted octanol–water partition coefficient (Wildman–Crippen LogP) is 0.790. The maximum atomic E-state index is 10.7. The van der Waals surface area contributed by atoms with Gasteiger partial charge in [-0.15, -0.1) is 11.3 Å². The molecule has 60 valence electrons. The van der Waals surface area contributed by atoms with Gasteiger partial charge in [-0.2, -0.15) is 0 Å². The molecule has 2 rings (SSSR count). The first kappa shape index (κ1) is 7.17. The topological polar surface area (TPSA) is 68.9 Å². The normalized spacial score (nSPS) is 10.3. The average Bonchev–Trinajstić information content (AvgIpc) is 2.46. The van der Waals surface area contributed by atoms with E-state index in [-0.39, 0.29) is 0 Å². The summed E-state index contributed by atoms with van der Waals surface area (Å²) in [5.41, 5.74) is 5.83. The monoisotopic (exact) mass is 179 g/mol. The first-order valence-electron chi connectivity index (χ1n) is 3.28. The van der Waals surface area contributed by atoms with Gasteiger partial charge < -0.3 is 5.73 Å². The number of rotatable bonds is 1. The van der Waals surface area contributed by atoms with Crippen LogP contribution in [0.5, 0.6) is 0 Å². The molecule has 0 spiro atoms. The number of fused-ring (bicyclic) bond motifs is 1. The summed E-state index contributed by atoms with van der Waals surface area (Å²) < 4.78 is 0.881. The lowest BCUT2D eigenvalue weighted by molar-refractivity contribution is 0.1000. The molecule has 0 unspecified atom stereocenters. The summed E-state index contributed by atoms with van der Waals surface area (Å²) in [6.07, 6.45) is 3.30. The van der Waals surface area contributed by atoms with Gasteiger partial charge in [-0.1, -0.05) is 0 Å². The number of hydrogen-bond donors (Lipinski definition) is 1. The third-order valence-corrected chi connectivity index (χ3v) is 2.42. The van der Waals surface area contributed by atoms with Crippen LogP contribution in [0.2, 0.25) is 0 Å². The second-order valence-corrected chi connectivity index (χ2v) is 3.26. The molecule has 0 saturated carbocycles. The highest BCUT2D eigenvalue weighted by atomic mass is 32.1. The minimum Gasteiger partial charge on any atom is -0.364 e. The Morgan fingerprint density at radius 2 is 2.42 bits per heavy atom. The van der Waals surface area contributed by atoms with Crippen molar-refractivity contribution >= 4 is 27.5 Å². The van der Waals surface area contributed by atoms with Crippen LogP contribution in [0.15, 0.2) is 18.5 Å². The molecule has 0 fully saturated rings. The Labute approximate surface area is 72.1 Å². The molecule has 2 heterocycles. The predicted molar refractivity (Wildman–Crippen MR) is 45.9 cm³/mol. The van der Waals surface area contributed by atoms with Crippen LogP contribution in [0.3, 0.4) is 0 Å². The number of pyridine rings is 1. The van der Waals surface area contributed by atoms with E-state index in [1.165, 1.54) is 11.3 Å². The van der Waals surface area contributed by atoms with Gasteiger partial charge in [0.05, 0.1) is 10.2 Å². The second kappa shape index (κ2) is 2.53. The molecular weight excluding hydrogens is 174 g/mol. The van der Waals surface area contributed by atoms with E-state index >= 15 is 0 Å². The zero-order chi connectivity index (χ0) is 8.55. The fourth-order valence-electron chi connectivity index (χ4n) is 0.885. The third-order valence-electron chi connectivity index (χ3n) is 1.40. The van der Waals surface area contributed by atoms with Gasteiger partial charge in [-0.05, 0) is 6.07 Å². The Kier molecular flexibility index (Phi) is 1.51. The number of thiazole rings is 1. The van der Waals surface area contributed by atoms with Gasteiger partial charge in [0.25, 0.3) is 5.91 Å². The first-order valence-corrected chi connectivity index (χ1v) is 4.09. The number of hydrogen-bond acceptors (Lipinski definition) is 4. The van der Waals surface area contributed by atoms with Crippen LogP contribution < -0.4 is 5.73 Å². The lowest BCUT2D eigenvalue weighted by atomic mass is 10.4. The van der Waals surface area contributed by atoms with Crippen LogP contribution >= 0.6 is 11.3 Å². The molecule has 0 aliphatic carbocycles. The van der Waals surface area contributed by atoms with Crippen LogP contribution in [-0.2, 0) is 0 Å². The van der Waals surface area contributed by atoms with E-state index in [1.807, 2.05) is 0 Å². The zero-order valence-electron chi connectivity index (χ0n) is 6.02. The number of nitrogens with zero attached hydrogens (tertiary/aromatic N) is 2. The van der Waals surface area contributed by atoms with Crippen molar-refractivity contribution in [2.75, 3.05) is 0 Å². The van der Waals surface area contributed by atoms with Crippen LogP contribution in [0.4, 0.5) is 0 Å². The molecule has 0 aliphatic rings. The third kappa shape index (κ3) is 1.04. The van der Waals surface area contributed by atoms with Crippen molar-refractivity contribution in [1.82, 2.24) is 9.97 Å². The van der Waals surface area contributed by atoms with Gasteiger partial charge in [-0.25, -0.2) is 4.98 Å². The fourth-order valence-corrected chi connectivity index (χ4v) is 1.67. The van der Waals surface area contributed by atoms with Crippen molar-refractivity contribution in [3.8, 4) is 0 Å². The molecular formula is C7H5N3OS. The van der Waals surface area contributed by atoms with Crippen molar-refractivity contribution in [1.29, 1.82) is 0 Å². The molecule has 2 N–H and O–H groups in total. The van der Waals surface area contributed by atoms with Gasteiger partial charge in [-0.3, -0.25) is 9.78 Å². The van der Waals surface area contributed by atoms with Crippen molar-refractivity contribution in [2.45, 2.75) is 0 Å². The van der Waals surface area contributed by atoms with Crippen molar-refractivity contribution in [2.24, 2.45) is 5.73 Å². The van der Waals surface area contributed by atoms with Gasteiger partial charge >= 0.3 is 0 Å². The van der Waals surface area contributed by atoms with Crippen LogP contribution in [-0.4, -0.2) is 15.9 Å². The summed E-state index contributed by atoms with van der Waals surface area (Å²) in [5, 5.41) is 0.331. The van der Waals surface area contributed by atoms with Gasteiger partial charge in [0.1, 0.15) is 0 Å². The van der Waals surface area contributed by atoms with E-state index in [2.05, 4.69) is 9.97 Å². The van der Waals surface area contributed by atoms with Crippen LogP contribution in [0.25, 0.3) is 10.2 Å². The Bertz CT molecular complexity index is 404. The SMILES string of the molecule is NC(=O)c1nc2ccncc2s1. The summed E-state index contributed by atoms with van der Waals surface area (Å²) >= 11 is 1.26. The first-order chi connectivity index (χ1) is 5.77. The summed E-state index contributed by atoms with van der Waals surface area (Å²) in [5.74, 6) is -0.490. The molecule has 0 aromatic carbocycles. The second-order valence-electron chi connectivity index (χ2n) is 2.23. The van der Waals surface area contributed by atoms with Crippen molar-refractivity contribution in [3.05, 3.63) is 23.5 Å². The zero-order valence-corrected chi connectivity index (χ0v) is 6.84. The summed E-state index contributed by atoms with van der Waals surface area (Å²) in [7, 11) is 0. The van der Waals surface area contributed by atoms with Crippen molar-refractivity contribution in [3.63, 3.8) is 0 Å².